The second-order valence-electron chi connectivity index (χ2n) is 3.72. The van der Waals surface area contributed by atoms with Crippen LogP contribution >= 0.6 is 15.9 Å². The molecule has 1 rings (SSSR count). The normalized spacial score (nSPS) is 9.72. The third-order valence-corrected chi connectivity index (χ3v) is 2.73. The van der Waals surface area contributed by atoms with Crippen molar-refractivity contribution in [2.75, 3.05) is 27.2 Å². The predicted molar refractivity (Wildman–Crippen MR) is 71.4 cm³/mol. The lowest BCUT2D eigenvalue weighted by molar-refractivity contribution is 0.0952. The van der Waals surface area contributed by atoms with Crippen LogP contribution in [0.1, 0.15) is 10.4 Å². The molecule has 98 valence electrons. The quantitative estimate of drug-likeness (QED) is 0.639. The summed E-state index contributed by atoms with van der Waals surface area (Å²) in [5.74, 6) is -0.228. The zero-order valence-corrected chi connectivity index (χ0v) is 11.8. The molecule has 0 aromatic carbocycles. The van der Waals surface area contributed by atoms with Gasteiger partial charge in [-0.1, -0.05) is 0 Å². The number of nitrogens with zero attached hydrogens (tertiary/aromatic N) is 2. The Kier molecular flexibility index (Phi) is 5.57. The summed E-state index contributed by atoms with van der Waals surface area (Å²) in [4.78, 5) is 28.3. The summed E-state index contributed by atoms with van der Waals surface area (Å²) in [5, 5.41) is 5.34. The van der Waals surface area contributed by atoms with Crippen molar-refractivity contribution >= 4 is 27.9 Å². The molecule has 2 N–H and O–H groups in total. The fourth-order valence-corrected chi connectivity index (χ4v) is 1.58. The Morgan fingerprint density at radius 2 is 2.00 bits per heavy atom. The lowest BCUT2D eigenvalue weighted by atomic mass is 10.3. The molecule has 6 nitrogen and oxygen atoms in total. The van der Waals surface area contributed by atoms with E-state index in [1.54, 1.807) is 32.4 Å². The molecule has 1 heterocycles. The number of hydrogen-bond donors (Lipinski definition) is 2. The van der Waals surface area contributed by atoms with Gasteiger partial charge >= 0.3 is 6.03 Å². The van der Waals surface area contributed by atoms with Crippen LogP contribution in [0.5, 0.6) is 0 Å². The Morgan fingerprint density at radius 1 is 1.33 bits per heavy atom. The van der Waals surface area contributed by atoms with Crippen molar-refractivity contribution in [2.24, 2.45) is 0 Å². The van der Waals surface area contributed by atoms with Crippen LogP contribution in [-0.4, -0.2) is 49.0 Å². The highest BCUT2D eigenvalue weighted by Gasteiger charge is 2.09. The molecule has 18 heavy (non-hydrogen) atoms. The van der Waals surface area contributed by atoms with Crippen molar-refractivity contribution in [1.82, 2.24) is 20.5 Å². The SMILES string of the molecule is CN(C)C(=O)NCCNC(=O)c1cccnc1Br. The molecule has 1 aromatic heterocycles. The number of rotatable bonds is 4. The molecule has 0 aliphatic heterocycles. The van der Waals surface area contributed by atoms with Gasteiger partial charge in [-0.3, -0.25) is 4.79 Å². The van der Waals surface area contributed by atoms with Gasteiger partial charge < -0.3 is 15.5 Å². The van der Waals surface area contributed by atoms with Crippen LogP contribution in [0.25, 0.3) is 0 Å². The molecule has 7 heteroatoms. The van der Waals surface area contributed by atoms with Crippen molar-refractivity contribution in [1.29, 1.82) is 0 Å². The van der Waals surface area contributed by atoms with Gasteiger partial charge in [0.15, 0.2) is 0 Å². The van der Waals surface area contributed by atoms with E-state index in [9.17, 15) is 9.59 Å². The van der Waals surface area contributed by atoms with E-state index in [0.29, 0.717) is 23.3 Å². The monoisotopic (exact) mass is 314 g/mol. The van der Waals surface area contributed by atoms with Crippen molar-refractivity contribution < 1.29 is 9.59 Å². The molecule has 3 amide bonds. The number of hydrogen-bond acceptors (Lipinski definition) is 3. The smallest absolute Gasteiger partial charge is 0.316 e. The lowest BCUT2D eigenvalue weighted by Gasteiger charge is -2.12. The molecule has 0 aliphatic carbocycles. The van der Waals surface area contributed by atoms with Crippen molar-refractivity contribution in [3.05, 3.63) is 28.5 Å². The van der Waals surface area contributed by atoms with E-state index in [1.807, 2.05) is 0 Å². The molecular formula is C11H15BrN4O2. The average molecular weight is 315 g/mol. The Balaban J connectivity index is 2.35. The molecule has 1 aromatic rings. The second-order valence-corrected chi connectivity index (χ2v) is 4.48. The Hall–Kier alpha value is -1.63. The third kappa shape index (κ3) is 4.33. The molecule has 0 saturated carbocycles. The van der Waals surface area contributed by atoms with Crippen LogP contribution < -0.4 is 10.6 Å². The minimum absolute atomic E-state index is 0.188. The summed E-state index contributed by atoms with van der Waals surface area (Å²) in [6.45, 7) is 0.736. The van der Waals surface area contributed by atoms with Gasteiger partial charge in [0.1, 0.15) is 4.60 Å². The van der Waals surface area contributed by atoms with Gasteiger partial charge in [-0.05, 0) is 28.1 Å². The number of halogens is 1. The van der Waals surface area contributed by atoms with Crippen LogP contribution in [0.2, 0.25) is 0 Å². The maximum atomic E-state index is 11.7. The van der Waals surface area contributed by atoms with Crippen molar-refractivity contribution in [3.63, 3.8) is 0 Å². The van der Waals surface area contributed by atoms with Gasteiger partial charge in [0.05, 0.1) is 5.56 Å². The Morgan fingerprint density at radius 3 is 2.61 bits per heavy atom. The first-order valence-corrected chi connectivity index (χ1v) is 6.15. The number of carbonyl (C=O) groups excluding carboxylic acids is 2. The van der Waals surface area contributed by atoms with Gasteiger partial charge in [0.25, 0.3) is 5.91 Å². The Bertz CT molecular complexity index is 437. The molecule has 0 bridgehead atoms. The van der Waals surface area contributed by atoms with E-state index in [0.717, 1.165) is 0 Å². The summed E-state index contributed by atoms with van der Waals surface area (Å²) < 4.78 is 0.500. The van der Waals surface area contributed by atoms with Crippen LogP contribution in [0.15, 0.2) is 22.9 Å². The standard InChI is InChI=1S/C11H15BrN4O2/c1-16(2)11(18)15-7-6-14-10(17)8-4-3-5-13-9(8)12/h3-5H,6-7H2,1-2H3,(H,14,17)(H,15,18). The van der Waals surface area contributed by atoms with Crippen molar-refractivity contribution in [3.8, 4) is 0 Å². The van der Waals surface area contributed by atoms with E-state index >= 15 is 0 Å². The van der Waals surface area contributed by atoms with E-state index in [2.05, 4.69) is 31.5 Å². The summed E-state index contributed by atoms with van der Waals surface area (Å²) in [5.41, 5.74) is 0.469. The zero-order valence-electron chi connectivity index (χ0n) is 10.2. The summed E-state index contributed by atoms with van der Waals surface area (Å²) >= 11 is 3.20. The topological polar surface area (TPSA) is 74.3 Å². The number of carbonyl (C=O) groups is 2. The minimum Gasteiger partial charge on any atom is -0.350 e. The summed E-state index contributed by atoms with van der Waals surface area (Å²) in [7, 11) is 3.31. The maximum absolute atomic E-state index is 11.7. The Labute approximate surface area is 114 Å². The van der Waals surface area contributed by atoms with Crippen LogP contribution in [-0.2, 0) is 0 Å². The third-order valence-electron chi connectivity index (χ3n) is 2.10. The van der Waals surface area contributed by atoms with Gasteiger partial charge in [0, 0.05) is 33.4 Å². The number of urea groups is 1. The molecule has 0 spiro atoms. The average Bonchev–Trinajstić information content (AvgIpc) is 2.34. The van der Waals surface area contributed by atoms with E-state index < -0.39 is 0 Å². The highest BCUT2D eigenvalue weighted by molar-refractivity contribution is 9.10. The molecule has 0 fully saturated rings. The van der Waals surface area contributed by atoms with Crippen molar-refractivity contribution in [2.45, 2.75) is 0 Å². The number of amides is 3. The van der Waals surface area contributed by atoms with Gasteiger partial charge in [-0.25, -0.2) is 9.78 Å². The second kappa shape index (κ2) is 6.95. The minimum atomic E-state index is -0.228. The first-order chi connectivity index (χ1) is 8.52. The van der Waals surface area contributed by atoms with Gasteiger partial charge in [0.2, 0.25) is 0 Å². The largest absolute Gasteiger partial charge is 0.350 e. The van der Waals surface area contributed by atoms with E-state index in [4.69, 9.17) is 0 Å². The van der Waals surface area contributed by atoms with Crippen LogP contribution in [0, 0.1) is 0 Å². The van der Waals surface area contributed by atoms with E-state index in [1.165, 1.54) is 4.90 Å². The fraction of sp³-hybridized carbons (Fsp3) is 0.364. The highest BCUT2D eigenvalue weighted by Crippen LogP contribution is 2.11. The summed E-state index contributed by atoms with van der Waals surface area (Å²) in [6, 6.07) is 3.17. The van der Waals surface area contributed by atoms with Gasteiger partial charge in [-0.15, -0.1) is 0 Å². The molecule has 0 aliphatic rings. The van der Waals surface area contributed by atoms with Gasteiger partial charge in [-0.2, -0.15) is 0 Å². The highest BCUT2D eigenvalue weighted by atomic mass is 79.9. The van der Waals surface area contributed by atoms with E-state index in [-0.39, 0.29) is 11.9 Å². The number of nitrogens with one attached hydrogen (secondary N) is 2. The van der Waals surface area contributed by atoms with Crippen LogP contribution in [0.4, 0.5) is 4.79 Å². The first kappa shape index (κ1) is 14.4. The zero-order chi connectivity index (χ0) is 13.5. The predicted octanol–water partition coefficient (Wildman–Crippen LogP) is 0.845. The molecule has 0 unspecified atom stereocenters. The number of aromatic nitrogens is 1. The molecule has 0 atom stereocenters. The first-order valence-electron chi connectivity index (χ1n) is 5.36. The fourth-order valence-electron chi connectivity index (χ4n) is 1.15. The number of pyridine rings is 1. The lowest BCUT2D eigenvalue weighted by Crippen LogP contribution is -2.39. The molecule has 0 saturated heterocycles. The van der Waals surface area contributed by atoms with Crippen LogP contribution in [0.3, 0.4) is 0 Å². The molecular weight excluding hydrogens is 300 g/mol. The molecule has 0 radical (unpaired) electrons. The summed E-state index contributed by atoms with van der Waals surface area (Å²) in [6.07, 6.45) is 1.60. The maximum Gasteiger partial charge on any atom is 0.316 e.